The normalized spacial score (nSPS) is 11.3. The Hall–Kier alpha value is -2.64. The van der Waals surface area contributed by atoms with E-state index in [0.29, 0.717) is 0 Å². The van der Waals surface area contributed by atoms with Gasteiger partial charge in [-0.2, -0.15) is 0 Å². The van der Waals surface area contributed by atoms with E-state index in [0.717, 1.165) is 6.07 Å². The summed E-state index contributed by atoms with van der Waals surface area (Å²) in [6.45, 7) is 1.46. The van der Waals surface area contributed by atoms with Gasteiger partial charge in [-0.1, -0.05) is 0 Å². The lowest BCUT2D eigenvalue weighted by Crippen LogP contribution is -2.39. The summed E-state index contributed by atoms with van der Waals surface area (Å²) in [7, 11) is 2.50. The number of ether oxygens (including phenoxy) is 2. The number of nitro groups is 1. The van der Waals surface area contributed by atoms with E-state index >= 15 is 0 Å². The smallest absolute Gasteiger partial charge is 0.328 e. The molecular formula is C12H14N2O6. The van der Waals surface area contributed by atoms with Crippen LogP contribution in [0.1, 0.15) is 17.3 Å². The molecule has 0 radical (unpaired) electrons. The SMILES string of the molecule is COC(=O)C(C)NC(=O)c1ccc([N+](=O)[O-])cc1OC. The predicted octanol–water partition coefficient (Wildman–Crippen LogP) is 0.895. The van der Waals surface area contributed by atoms with Crippen molar-refractivity contribution in [2.75, 3.05) is 14.2 Å². The minimum Gasteiger partial charge on any atom is -0.496 e. The molecule has 0 bridgehead atoms. The minimum atomic E-state index is -0.840. The van der Waals surface area contributed by atoms with E-state index < -0.39 is 22.8 Å². The number of nitro benzene ring substituents is 1. The Balaban J connectivity index is 2.98. The Morgan fingerprint density at radius 3 is 2.50 bits per heavy atom. The first kappa shape index (κ1) is 15.4. The van der Waals surface area contributed by atoms with Crippen molar-refractivity contribution in [3.8, 4) is 5.75 Å². The molecule has 0 fully saturated rings. The number of amides is 1. The van der Waals surface area contributed by atoms with Gasteiger partial charge in [0.2, 0.25) is 0 Å². The molecule has 1 N–H and O–H groups in total. The van der Waals surface area contributed by atoms with Crippen molar-refractivity contribution in [3.05, 3.63) is 33.9 Å². The Morgan fingerprint density at radius 2 is 2.00 bits per heavy atom. The van der Waals surface area contributed by atoms with Gasteiger partial charge in [-0.15, -0.1) is 0 Å². The molecular weight excluding hydrogens is 268 g/mol. The summed E-state index contributed by atoms with van der Waals surface area (Å²) >= 11 is 0. The van der Waals surface area contributed by atoms with Crippen molar-refractivity contribution in [2.45, 2.75) is 13.0 Å². The van der Waals surface area contributed by atoms with Gasteiger partial charge in [-0.25, -0.2) is 4.79 Å². The van der Waals surface area contributed by atoms with E-state index in [1.54, 1.807) is 0 Å². The number of methoxy groups -OCH3 is 2. The van der Waals surface area contributed by atoms with Gasteiger partial charge in [-0.05, 0) is 13.0 Å². The fourth-order valence-electron chi connectivity index (χ4n) is 1.49. The van der Waals surface area contributed by atoms with Gasteiger partial charge in [-0.3, -0.25) is 14.9 Å². The van der Waals surface area contributed by atoms with Crippen LogP contribution in [-0.2, 0) is 9.53 Å². The molecule has 1 unspecified atom stereocenters. The highest BCUT2D eigenvalue weighted by Gasteiger charge is 2.21. The zero-order valence-electron chi connectivity index (χ0n) is 11.2. The molecule has 1 aromatic rings. The van der Waals surface area contributed by atoms with Crippen molar-refractivity contribution in [1.82, 2.24) is 5.32 Å². The van der Waals surface area contributed by atoms with Gasteiger partial charge in [0.25, 0.3) is 11.6 Å². The maximum Gasteiger partial charge on any atom is 0.328 e. The number of hydrogen-bond donors (Lipinski definition) is 1. The van der Waals surface area contributed by atoms with Gasteiger partial charge in [0.1, 0.15) is 11.8 Å². The first-order valence-electron chi connectivity index (χ1n) is 5.61. The summed E-state index contributed by atoms with van der Waals surface area (Å²) in [4.78, 5) is 33.2. The van der Waals surface area contributed by atoms with Crippen LogP contribution in [-0.4, -0.2) is 37.1 Å². The molecule has 1 rings (SSSR count). The molecule has 1 atom stereocenters. The summed E-state index contributed by atoms with van der Waals surface area (Å²) in [5, 5.41) is 13.1. The predicted molar refractivity (Wildman–Crippen MR) is 68.6 cm³/mol. The second kappa shape index (κ2) is 6.50. The van der Waals surface area contributed by atoms with Crippen LogP contribution < -0.4 is 10.1 Å². The van der Waals surface area contributed by atoms with Crippen molar-refractivity contribution < 1.29 is 24.0 Å². The molecule has 0 aliphatic carbocycles. The Bertz CT molecular complexity index is 543. The molecule has 1 aromatic carbocycles. The molecule has 8 nitrogen and oxygen atoms in total. The number of carbonyl (C=O) groups is 2. The van der Waals surface area contributed by atoms with E-state index in [9.17, 15) is 19.7 Å². The number of nitrogens with zero attached hydrogens (tertiary/aromatic N) is 1. The van der Waals surface area contributed by atoms with Gasteiger partial charge >= 0.3 is 5.97 Å². The van der Waals surface area contributed by atoms with E-state index in [2.05, 4.69) is 10.1 Å². The second-order valence-corrected chi connectivity index (χ2v) is 3.86. The monoisotopic (exact) mass is 282 g/mol. The summed E-state index contributed by atoms with van der Waals surface area (Å²) in [6, 6.07) is 2.74. The number of rotatable bonds is 5. The van der Waals surface area contributed by atoms with Crippen molar-refractivity contribution >= 4 is 17.6 Å². The van der Waals surface area contributed by atoms with E-state index in [1.807, 2.05) is 0 Å². The summed E-state index contributed by atoms with van der Waals surface area (Å²) in [5.74, 6) is -1.14. The molecule has 0 aromatic heterocycles. The molecule has 0 heterocycles. The molecule has 0 saturated carbocycles. The summed E-state index contributed by atoms with van der Waals surface area (Å²) in [6.07, 6.45) is 0. The van der Waals surface area contributed by atoms with E-state index in [-0.39, 0.29) is 17.0 Å². The van der Waals surface area contributed by atoms with Crippen LogP contribution in [0.2, 0.25) is 0 Å². The van der Waals surface area contributed by atoms with E-state index in [1.165, 1.54) is 33.3 Å². The molecule has 0 aliphatic heterocycles. The number of esters is 1. The second-order valence-electron chi connectivity index (χ2n) is 3.86. The zero-order valence-corrected chi connectivity index (χ0v) is 11.2. The standard InChI is InChI=1S/C12H14N2O6/c1-7(12(16)20-3)13-11(15)9-5-4-8(14(17)18)6-10(9)19-2/h4-7H,1-3H3,(H,13,15). The lowest BCUT2D eigenvalue weighted by molar-refractivity contribution is -0.384. The highest BCUT2D eigenvalue weighted by molar-refractivity contribution is 5.99. The fraction of sp³-hybridized carbons (Fsp3) is 0.333. The zero-order chi connectivity index (χ0) is 15.3. The van der Waals surface area contributed by atoms with Crippen LogP contribution in [0.3, 0.4) is 0 Å². The third-order valence-electron chi connectivity index (χ3n) is 2.54. The lowest BCUT2D eigenvalue weighted by atomic mass is 10.1. The lowest BCUT2D eigenvalue weighted by Gasteiger charge is -2.13. The Labute approximate surface area is 114 Å². The maximum absolute atomic E-state index is 12.0. The number of hydrogen-bond acceptors (Lipinski definition) is 6. The average molecular weight is 282 g/mol. The van der Waals surface area contributed by atoms with Crippen molar-refractivity contribution in [2.24, 2.45) is 0 Å². The summed E-state index contributed by atoms with van der Waals surface area (Å²) in [5.41, 5.74) is -0.103. The number of benzene rings is 1. The highest BCUT2D eigenvalue weighted by Crippen LogP contribution is 2.24. The topological polar surface area (TPSA) is 108 Å². The molecule has 0 saturated heterocycles. The summed E-state index contributed by atoms with van der Waals surface area (Å²) < 4.78 is 9.43. The molecule has 20 heavy (non-hydrogen) atoms. The molecule has 1 amide bonds. The van der Waals surface area contributed by atoms with Crippen LogP contribution in [0.4, 0.5) is 5.69 Å². The van der Waals surface area contributed by atoms with Crippen LogP contribution in [0.15, 0.2) is 18.2 Å². The average Bonchev–Trinajstić information content (AvgIpc) is 2.45. The Morgan fingerprint density at radius 1 is 1.35 bits per heavy atom. The fourth-order valence-corrected chi connectivity index (χ4v) is 1.49. The van der Waals surface area contributed by atoms with Gasteiger partial charge in [0.15, 0.2) is 0 Å². The highest BCUT2D eigenvalue weighted by atomic mass is 16.6. The van der Waals surface area contributed by atoms with E-state index in [4.69, 9.17) is 4.74 Å². The maximum atomic E-state index is 12.0. The van der Waals surface area contributed by atoms with Crippen molar-refractivity contribution in [1.29, 1.82) is 0 Å². The molecule has 8 heteroatoms. The van der Waals surface area contributed by atoms with Crippen LogP contribution in [0.25, 0.3) is 0 Å². The van der Waals surface area contributed by atoms with Crippen molar-refractivity contribution in [3.63, 3.8) is 0 Å². The molecule has 0 spiro atoms. The first-order chi connectivity index (χ1) is 9.40. The minimum absolute atomic E-state index is 0.0498. The largest absolute Gasteiger partial charge is 0.496 e. The first-order valence-corrected chi connectivity index (χ1v) is 5.61. The third kappa shape index (κ3) is 3.44. The van der Waals surface area contributed by atoms with Crippen LogP contribution in [0, 0.1) is 10.1 Å². The Kier molecular flexibility index (Phi) is 5.01. The number of nitrogens with one attached hydrogen (secondary N) is 1. The van der Waals surface area contributed by atoms with Gasteiger partial charge in [0, 0.05) is 6.07 Å². The molecule has 108 valence electrons. The third-order valence-corrected chi connectivity index (χ3v) is 2.54. The van der Waals surface area contributed by atoms with Gasteiger partial charge < -0.3 is 14.8 Å². The van der Waals surface area contributed by atoms with Crippen LogP contribution >= 0.6 is 0 Å². The molecule has 0 aliphatic rings. The number of carbonyl (C=O) groups excluding carboxylic acids is 2. The van der Waals surface area contributed by atoms with Gasteiger partial charge in [0.05, 0.1) is 30.8 Å². The van der Waals surface area contributed by atoms with Crippen LogP contribution in [0.5, 0.6) is 5.75 Å². The quantitative estimate of drug-likeness (QED) is 0.488. The number of non-ortho nitro benzene ring substituents is 1.